The lowest BCUT2D eigenvalue weighted by molar-refractivity contribution is -0.111. The summed E-state index contributed by atoms with van der Waals surface area (Å²) < 4.78 is 1.12. The van der Waals surface area contributed by atoms with Gasteiger partial charge in [-0.15, -0.1) is 11.3 Å². The molecule has 0 saturated heterocycles. The fourth-order valence-corrected chi connectivity index (χ4v) is 3.82. The van der Waals surface area contributed by atoms with Gasteiger partial charge < -0.3 is 5.32 Å². The van der Waals surface area contributed by atoms with Crippen LogP contribution >= 0.6 is 22.9 Å². The van der Waals surface area contributed by atoms with Gasteiger partial charge in [-0.2, -0.15) is 0 Å². The largest absolute Gasteiger partial charge is 0.322 e. The molecule has 3 rings (SSSR count). The van der Waals surface area contributed by atoms with Gasteiger partial charge in [0.25, 0.3) is 0 Å². The van der Waals surface area contributed by atoms with Crippen molar-refractivity contribution in [1.82, 2.24) is 0 Å². The normalized spacial score (nSPS) is 11.2. The number of aryl methyl sites for hydroxylation is 1. The summed E-state index contributed by atoms with van der Waals surface area (Å²) in [5, 5.41) is 4.64. The molecule has 2 nitrogen and oxygen atoms in total. The summed E-state index contributed by atoms with van der Waals surface area (Å²) in [7, 11) is 0. The molecular formula is C19H16ClNOS. The molecule has 0 bridgehead atoms. The first-order valence-electron chi connectivity index (χ1n) is 7.43. The second-order valence-electron chi connectivity index (χ2n) is 5.11. The molecule has 2 aromatic carbocycles. The van der Waals surface area contributed by atoms with Crippen LogP contribution in [0.5, 0.6) is 0 Å². The van der Waals surface area contributed by atoms with Crippen molar-refractivity contribution in [3.05, 3.63) is 70.1 Å². The number of rotatable bonds is 4. The number of hydrogen-bond acceptors (Lipinski definition) is 2. The summed E-state index contributed by atoms with van der Waals surface area (Å²) in [6, 6.07) is 15.8. The summed E-state index contributed by atoms with van der Waals surface area (Å²) >= 11 is 7.96. The Morgan fingerprint density at radius 1 is 1.17 bits per heavy atom. The van der Waals surface area contributed by atoms with E-state index in [1.54, 1.807) is 17.4 Å². The number of nitrogens with one attached hydrogen (secondary N) is 1. The molecule has 4 heteroatoms. The van der Waals surface area contributed by atoms with Crippen molar-refractivity contribution in [2.24, 2.45) is 0 Å². The number of carbonyl (C=O) groups is 1. The van der Waals surface area contributed by atoms with Gasteiger partial charge in [0.2, 0.25) is 5.91 Å². The van der Waals surface area contributed by atoms with Crippen molar-refractivity contribution in [2.75, 3.05) is 5.32 Å². The van der Waals surface area contributed by atoms with Gasteiger partial charge in [0.15, 0.2) is 0 Å². The average molecular weight is 342 g/mol. The highest BCUT2D eigenvalue weighted by Gasteiger charge is 2.08. The van der Waals surface area contributed by atoms with E-state index >= 15 is 0 Å². The van der Waals surface area contributed by atoms with E-state index in [1.165, 1.54) is 6.08 Å². The van der Waals surface area contributed by atoms with Gasteiger partial charge in [-0.3, -0.25) is 4.79 Å². The molecule has 116 valence electrons. The smallest absolute Gasteiger partial charge is 0.248 e. The number of benzene rings is 2. The van der Waals surface area contributed by atoms with Gasteiger partial charge in [0, 0.05) is 26.7 Å². The van der Waals surface area contributed by atoms with Gasteiger partial charge in [-0.1, -0.05) is 54.9 Å². The Balaban J connectivity index is 1.79. The number of fused-ring (bicyclic) bond motifs is 1. The van der Waals surface area contributed by atoms with Crippen LogP contribution in [0, 0.1) is 0 Å². The summed E-state index contributed by atoms with van der Waals surface area (Å²) in [5.74, 6) is -0.153. The molecule has 0 atom stereocenters. The van der Waals surface area contributed by atoms with Crippen molar-refractivity contribution in [2.45, 2.75) is 13.3 Å². The molecule has 23 heavy (non-hydrogen) atoms. The summed E-state index contributed by atoms with van der Waals surface area (Å²) in [6.45, 7) is 2.07. The highest BCUT2D eigenvalue weighted by atomic mass is 35.5. The number of carbonyl (C=O) groups excluding carboxylic acids is 1. The number of anilines is 1. The van der Waals surface area contributed by atoms with Gasteiger partial charge in [0.1, 0.15) is 0 Å². The molecule has 1 amide bonds. The zero-order valence-electron chi connectivity index (χ0n) is 12.7. The summed E-state index contributed by atoms with van der Waals surface area (Å²) in [4.78, 5) is 13.0. The third kappa shape index (κ3) is 3.46. The predicted molar refractivity (Wildman–Crippen MR) is 100 cm³/mol. The van der Waals surface area contributed by atoms with E-state index in [0.29, 0.717) is 5.02 Å². The van der Waals surface area contributed by atoms with E-state index in [4.69, 9.17) is 11.6 Å². The third-order valence-corrected chi connectivity index (χ3v) is 5.26. The maximum absolute atomic E-state index is 12.1. The fraction of sp³-hybridized carbons (Fsp3) is 0.105. The van der Waals surface area contributed by atoms with Crippen LogP contribution in [-0.4, -0.2) is 5.91 Å². The van der Waals surface area contributed by atoms with E-state index < -0.39 is 0 Å². The van der Waals surface area contributed by atoms with E-state index in [9.17, 15) is 4.79 Å². The van der Waals surface area contributed by atoms with Gasteiger partial charge in [-0.05, 0) is 30.2 Å². The van der Waals surface area contributed by atoms with Crippen LogP contribution in [0.4, 0.5) is 5.69 Å². The second kappa shape index (κ2) is 6.99. The maximum atomic E-state index is 12.1. The Hall–Kier alpha value is -2.10. The van der Waals surface area contributed by atoms with Crippen molar-refractivity contribution in [1.29, 1.82) is 0 Å². The maximum Gasteiger partial charge on any atom is 0.248 e. The number of para-hydroxylation sites is 1. The first-order valence-corrected chi connectivity index (χ1v) is 8.62. The van der Waals surface area contributed by atoms with E-state index in [-0.39, 0.29) is 5.91 Å². The zero-order chi connectivity index (χ0) is 16.2. The molecule has 1 N–H and O–H groups in total. The van der Waals surface area contributed by atoms with Crippen LogP contribution in [-0.2, 0) is 11.2 Å². The number of amides is 1. The predicted octanol–water partition coefficient (Wildman–Crippen LogP) is 5.77. The van der Waals surface area contributed by atoms with Crippen molar-refractivity contribution < 1.29 is 4.79 Å². The Kier molecular flexibility index (Phi) is 4.79. The average Bonchev–Trinajstić information content (AvgIpc) is 2.90. The fourth-order valence-electron chi connectivity index (χ4n) is 2.42. The highest BCUT2D eigenvalue weighted by Crippen LogP contribution is 2.35. The van der Waals surface area contributed by atoms with Crippen LogP contribution in [0.3, 0.4) is 0 Å². The van der Waals surface area contributed by atoms with E-state index in [0.717, 1.165) is 32.6 Å². The molecular weight excluding hydrogens is 326 g/mol. The second-order valence-corrected chi connectivity index (χ2v) is 6.57. The minimum Gasteiger partial charge on any atom is -0.322 e. The standard InChI is InChI=1S/C19H16ClNOS/c1-2-13-7-3-5-9-15(13)21-18(22)12-11-17-19(20)14-8-4-6-10-16(14)23-17/h3-12H,2H2,1H3,(H,21,22)/b12-11+. The molecule has 3 aromatic rings. The monoisotopic (exact) mass is 341 g/mol. The Labute approximate surface area is 144 Å². The van der Waals surface area contributed by atoms with Gasteiger partial charge in [0.05, 0.1) is 5.02 Å². The van der Waals surface area contributed by atoms with Crippen LogP contribution in [0.2, 0.25) is 5.02 Å². The Bertz CT molecular complexity index is 882. The SMILES string of the molecule is CCc1ccccc1NC(=O)/C=C/c1sc2ccccc2c1Cl. The van der Waals surface area contributed by atoms with Crippen molar-refractivity contribution >= 4 is 50.7 Å². The number of halogens is 1. The summed E-state index contributed by atoms with van der Waals surface area (Å²) in [6.07, 6.45) is 4.18. The Morgan fingerprint density at radius 2 is 1.91 bits per heavy atom. The molecule has 0 unspecified atom stereocenters. The summed E-state index contributed by atoms with van der Waals surface area (Å²) in [5.41, 5.74) is 1.97. The molecule has 0 saturated carbocycles. The molecule has 1 aromatic heterocycles. The quantitative estimate of drug-likeness (QED) is 0.600. The van der Waals surface area contributed by atoms with Crippen LogP contribution in [0.1, 0.15) is 17.4 Å². The molecule has 1 heterocycles. The minimum absolute atomic E-state index is 0.153. The van der Waals surface area contributed by atoms with Crippen molar-refractivity contribution in [3.8, 4) is 0 Å². The lowest BCUT2D eigenvalue weighted by atomic mass is 10.1. The lowest BCUT2D eigenvalue weighted by Gasteiger charge is -2.07. The molecule has 0 radical (unpaired) electrons. The van der Waals surface area contributed by atoms with E-state index in [2.05, 4.69) is 12.2 Å². The highest BCUT2D eigenvalue weighted by molar-refractivity contribution is 7.20. The third-order valence-electron chi connectivity index (χ3n) is 3.60. The Morgan fingerprint density at radius 3 is 2.70 bits per heavy atom. The molecule has 0 aliphatic rings. The molecule has 0 fully saturated rings. The number of thiophene rings is 1. The van der Waals surface area contributed by atoms with E-state index in [1.807, 2.05) is 48.5 Å². The van der Waals surface area contributed by atoms with Crippen LogP contribution in [0.25, 0.3) is 16.2 Å². The lowest BCUT2D eigenvalue weighted by Crippen LogP contribution is -2.09. The zero-order valence-corrected chi connectivity index (χ0v) is 14.2. The van der Waals surface area contributed by atoms with Gasteiger partial charge in [-0.25, -0.2) is 0 Å². The van der Waals surface area contributed by atoms with Crippen molar-refractivity contribution in [3.63, 3.8) is 0 Å². The first kappa shape index (κ1) is 15.8. The molecule has 0 spiro atoms. The first-order chi connectivity index (χ1) is 11.2. The minimum atomic E-state index is -0.153. The molecule has 0 aliphatic heterocycles. The topological polar surface area (TPSA) is 29.1 Å². The molecule has 0 aliphatic carbocycles. The van der Waals surface area contributed by atoms with Crippen LogP contribution < -0.4 is 5.32 Å². The van der Waals surface area contributed by atoms with Gasteiger partial charge >= 0.3 is 0 Å². The number of hydrogen-bond donors (Lipinski definition) is 1. The van der Waals surface area contributed by atoms with Crippen LogP contribution in [0.15, 0.2) is 54.6 Å².